The molecule has 2 rings (SSSR count). The number of likely N-dealkylation sites (tertiary alicyclic amines) is 1. The van der Waals surface area contributed by atoms with E-state index in [2.05, 4.69) is 0 Å². The average molecular weight is 265 g/mol. The van der Waals surface area contributed by atoms with Gasteiger partial charge < -0.3 is 19.8 Å². The Morgan fingerprint density at radius 1 is 1.53 bits per heavy atom. The molecule has 1 aliphatic rings. The Morgan fingerprint density at radius 3 is 2.79 bits per heavy atom. The summed E-state index contributed by atoms with van der Waals surface area (Å²) in [4.78, 5) is 24.0. The summed E-state index contributed by atoms with van der Waals surface area (Å²) in [5.41, 5.74) is 0.734. The maximum atomic E-state index is 11.7. The maximum Gasteiger partial charge on any atom is 0.308 e. The van der Waals surface area contributed by atoms with Gasteiger partial charge in [0, 0.05) is 19.5 Å². The first-order valence-electron chi connectivity index (χ1n) is 5.87. The van der Waals surface area contributed by atoms with E-state index in [4.69, 9.17) is 9.84 Å². The van der Waals surface area contributed by atoms with Crippen molar-refractivity contribution in [2.45, 2.75) is 13.0 Å². The number of rotatable bonds is 4. The Hall–Kier alpha value is -2.24. The van der Waals surface area contributed by atoms with Gasteiger partial charge >= 0.3 is 5.97 Å². The summed E-state index contributed by atoms with van der Waals surface area (Å²) in [5.74, 6) is -1.41. The molecule has 2 N–H and O–H groups in total. The SMILES string of the molecule is COc1ccc(CN2CC(C(=O)O)CC2=O)cc1O. The molecule has 1 aromatic carbocycles. The molecule has 0 aromatic heterocycles. The summed E-state index contributed by atoms with van der Waals surface area (Å²) in [5, 5.41) is 18.5. The van der Waals surface area contributed by atoms with Crippen LogP contribution in [0, 0.1) is 5.92 Å². The lowest BCUT2D eigenvalue weighted by atomic mass is 10.1. The Kier molecular flexibility index (Phi) is 3.59. The zero-order valence-electron chi connectivity index (χ0n) is 10.5. The Bertz CT molecular complexity index is 514. The van der Waals surface area contributed by atoms with Crippen molar-refractivity contribution in [3.8, 4) is 11.5 Å². The van der Waals surface area contributed by atoms with E-state index in [0.717, 1.165) is 5.56 Å². The number of hydrogen-bond acceptors (Lipinski definition) is 4. The van der Waals surface area contributed by atoms with Crippen LogP contribution in [0.2, 0.25) is 0 Å². The summed E-state index contributed by atoms with van der Waals surface area (Å²) in [6.07, 6.45) is 0.0392. The first kappa shape index (κ1) is 13.2. The lowest BCUT2D eigenvalue weighted by molar-refractivity contribution is -0.141. The fourth-order valence-electron chi connectivity index (χ4n) is 2.14. The van der Waals surface area contributed by atoms with Crippen LogP contribution in [0.25, 0.3) is 0 Å². The third-order valence-electron chi connectivity index (χ3n) is 3.18. The van der Waals surface area contributed by atoms with Crippen molar-refractivity contribution >= 4 is 11.9 Å². The number of benzene rings is 1. The van der Waals surface area contributed by atoms with Crippen molar-refractivity contribution in [2.75, 3.05) is 13.7 Å². The summed E-state index contributed by atoms with van der Waals surface area (Å²) >= 11 is 0. The number of aromatic hydroxyl groups is 1. The summed E-state index contributed by atoms with van der Waals surface area (Å²) in [7, 11) is 1.45. The molecular weight excluding hydrogens is 250 g/mol. The molecule has 6 heteroatoms. The van der Waals surface area contributed by atoms with E-state index < -0.39 is 11.9 Å². The molecule has 0 spiro atoms. The highest BCUT2D eigenvalue weighted by Crippen LogP contribution is 2.28. The van der Waals surface area contributed by atoms with Gasteiger partial charge in [0.25, 0.3) is 0 Å². The number of carboxylic acids is 1. The number of aliphatic carboxylic acids is 1. The molecule has 0 saturated carbocycles. The van der Waals surface area contributed by atoms with Crippen molar-refractivity contribution in [3.05, 3.63) is 23.8 Å². The second-order valence-electron chi connectivity index (χ2n) is 4.52. The maximum absolute atomic E-state index is 11.7. The minimum Gasteiger partial charge on any atom is -0.504 e. The van der Waals surface area contributed by atoms with E-state index in [1.165, 1.54) is 18.1 Å². The highest BCUT2D eigenvalue weighted by atomic mass is 16.5. The van der Waals surface area contributed by atoms with Crippen LogP contribution in [-0.2, 0) is 16.1 Å². The number of methoxy groups -OCH3 is 1. The zero-order valence-corrected chi connectivity index (χ0v) is 10.5. The van der Waals surface area contributed by atoms with E-state index in [0.29, 0.717) is 12.3 Å². The molecule has 1 aliphatic heterocycles. The average Bonchev–Trinajstić information content (AvgIpc) is 2.71. The summed E-state index contributed by atoms with van der Waals surface area (Å²) < 4.78 is 4.93. The largest absolute Gasteiger partial charge is 0.504 e. The van der Waals surface area contributed by atoms with Gasteiger partial charge in [0.05, 0.1) is 13.0 Å². The van der Waals surface area contributed by atoms with Gasteiger partial charge in [-0.1, -0.05) is 6.07 Å². The minimum absolute atomic E-state index is 0.00132. The van der Waals surface area contributed by atoms with Gasteiger partial charge in [-0.2, -0.15) is 0 Å². The van der Waals surface area contributed by atoms with Gasteiger partial charge in [-0.05, 0) is 17.7 Å². The molecule has 6 nitrogen and oxygen atoms in total. The number of carboxylic acid groups (broad SMARTS) is 1. The lowest BCUT2D eigenvalue weighted by Crippen LogP contribution is -2.25. The zero-order chi connectivity index (χ0) is 14.0. The summed E-state index contributed by atoms with van der Waals surface area (Å²) in [6, 6.07) is 4.86. The Morgan fingerprint density at radius 2 is 2.26 bits per heavy atom. The topological polar surface area (TPSA) is 87.1 Å². The van der Waals surface area contributed by atoms with Crippen LogP contribution >= 0.6 is 0 Å². The lowest BCUT2D eigenvalue weighted by Gasteiger charge is -2.16. The highest BCUT2D eigenvalue weighted by Gasteiger charge is 2.34. The number of phenols is 1. The van der Waals surface area contributed by atoms with Crippen LogP contribution < -0.4 is 4.74 Å². The Balaban J connectivity index is 2.07. The van der Waals surface area contributed by atoms with Crippen molar-refractivity contribution in [1.82, 2.24) is 4.90 Å². The van der Waals surface area contributed by atoms with Gasteiger partial charge in [0.1, 0.15) is 0 Å². The van der Waals surface area contributed by atoms with Crippen LogP contribution in [0.15, 0.2) is 18.2 Å². The molecule has 1 fully saturated rings. The smallest absolute Gasteiger partial charge is 0.308 e. The number of ether oxygens (including phenoxy) is 1. The third kappa shape index (κ3) is 2.78. The minimum atomic E-state index is -0.951. The van der Waals surface area contributed by atoms with E-state index in [1.807, 2.05) is 0 Å². The second kappa shape index (κ2) is 5.17. The van der Waals surface area contributed by atoms with Crippen LogP contribution in [0.1, 0.15) is 12.0 Å². The fraction of sp³-hybridized carbons (Fsp3) is 0.385. The summed E-state index contributed by atoms with van der Waals surface area (Å²) in [6.45, 7) is 0.501. The molecule has 0 bridgehead atoms. The van der Waals surface area contributed by atoms with Gasteiger partial charge in [0.2, 0.25) is 5.91 Å². The predicted molar refractivity (Wildman–Crippen MR) is 65.8 cm³/mol. The van der Waals surface area contributed by atoms with Crippen molar-refractivity contribution in [1.29, 1.82) is 0 Å². The number of amides is 1. The van der Waals surface area contributed by atoms with Crippen molar-refractivity contribution in [3.63, 3.8) is 0 Å². The third-order valence-corrected chi connectivity index (χ3v) is 3.18. The van der Waals surface area contributed by atoms with E-state index in [9.17, 15) is 14.7 Å². The predicted octanol–water partition coefficient (Wildman–Crippen LogP) is 0.834. The first-order chi connectivity index (χ1) is 9.01. The van der Waals surface area contributed by atoms with Gasteiger partial charge in [-0.3, -0.25) is 9.59 Å². The molecular formula is C13H15NO5. The van der Waals surface area contributed by atoms with Crippen molar-refractivity contribution in [2.24, 2.45) is 5.92 Å². The van der Waals surface area contributed by atoms with Crippen LogP contribution in [0.4, 0.5) is 0 Å². The monoisotopic (exact) mass is 265 g/mol. The van der Waals surface area contributed by atoms with E-state index >= 15 is 0 Å². The molecule has 1 heterocycles. The second-order valence-corrected chi connectivity index (χ2v) is 4.52. The normalized spacial score (nSPS) is 18.7. The number of phenolic OH excluding ortho intramolecular Hbond substituents is 1. The molecule has 1 amide bonds. The molecule has 1 aromatic rings. The molecule has 1 unspecified atom stereocenters. The van der Waals surface area contributed by atoms with E-state index in [1.54, 1.807) is 12.1 Å². The van der Waals surface area contributed by atoms with Crippen LogP contribution in [0.3, 0.4) is 0 Å². The number of nitrogens with zero attached hydrogens (tertiary/aromatic N) is 1. The quantitative estimate of drug-likeness (QED) is 0.842. The van der Waals surface area contributed by atoms with Crippen LogP contribution in [0.5, 0.6) is 11.5 Å². The van der Waals surface area contributed by atoms with Gasteiger partial charge in [0.15, 0.2) is 11.5 Å². The molecule has 19 heavy (non-hydrogen) atoms. The molecule has 1 atom stereocenters. The van der Waals surface area contributed by atoms with Gasteiger partial charge in [-0.15, -0.1) is 0 Å². The van der Waals surface area contributed by atoms with Crippen LogP contribution in [-0.4, -0.2) is 40.6 Å². The van der Waals surface area contributed by atoms with Crippen molar-refractivity contribution < 1.29 is 24.5 Å². The van der Waals surface area contributed by atoms with E-state index in [-0.39, 0.29) is 24.6 Å². The van der Waals surface area contributed by atoms with Gasteiger partial charge in [-0.25, -0.2) is 0 Å². The molecule has 0 aliphatic carbocycles. The number of hydrogen-bond donors (Lipinski definition) is 2. The number of carbonyl (C=O) groups is 2. The Labute approximate surface area is 110 Å². The first-order valence-corrected chi connectivity index (χ1v) is 5.87. The molecule has 1 saturated heterocycles. The highest BCUT2D eigenvalue weighted by molar-refractivity contribution is 5.86. The number of carbonyl (C=O) groups excluding carboxylic acids is 1. The fourth-order valence-corrected chi connectivity index (χ4v) is 2.14. The standard InChI is InChI=1S/C13H15NO5/c1-19-11-3-2-8(4-10(11)15)6-14-7-9(13(17)18)5-12(14)16/h2-4,9,15H,5-7H2,1H3,(H,17,18). The molecule has 102 valence electrons. The molecule has 0 radical (unpaired) electrons.